The SMILES string of the molecule is CCCCCCCCCCCCCCCCOCC(COP(=O)([O-])Oc1cccc(C[n+]2ccsc2)c1)OCCC. The first-order chi connectivity index (χ1) is 20.0. The molecule has 0 aliphatic carbocycles. The number of benzene rings is 1. The molecular formula is C32H54NO6PS. The maximum absolute atomic E-state index is 12.5. The summed E-state index contributed by atoms with van der Waals surface area (Å²) >= 11 is 1.60. The molecule has 0 aliphatic rings. The van der Waals surface area contributed by atoms with Crippen LogP contribution in [0.4, 0.5) is 0 Å². The molecule has 2 rings (SSSR count). The van der Waals surface area contributed by atoms with Crippen molar-refractivity contribution in [2.75, 3.05) is 26.4 Å². The minimum atomic E-state index is -4.56. The first-order valence-corrected chi connectivity index (χ1v) is 18.3. The molecule has 2 aromatic rings. The molecule has 1 aromatic carbocycles. The van der Waals surface area contributed by atoms with Crippen LogP contribution in [-0.2, 0) is 25.1 Å². The molecule has 1 heterocycles. The Kier molecular flexibility index (Phi) is 20.3. The second-order valence-corrected chi connectivity index (χ2v) is 12.9. The maximum atomic E-state index is 12.5. The van der Waals surface area contributed by atoms with Gasteiger partial charge in [0, 0.05) is 18.8 Å². The van der Waals surface area contributed by atoms with E-state index in [4.69, 9.17) is 18.5 Å². The van der Waals surface area contributed by atoms with E-state index in [1.165, 1.54) is 77.0 Å². The van der Waals surface area contributed by atoms with Crippen LogP contribution in [0.15, 0.2) is 41.4 Å². The van der Waals surface area contributed by atoms with Crippen LogP contribution in [0.3, 0.4) is 0 Å². The highest BCUT2D eigenvalue weighted by molar-refractivity contribution is 7.46. The minimum absolute atomic E-state index is 0.135. The summed E-state index contributed by atoms with van der Waals surface area (Å²) in [7, 11) is -4.56. The molecular weight excluding hydrogens is 557 g/mol. The summed E-state index contributed by atoms with van der Waals surface area (Å²) in [6.07, 6.45) is 20.8. The van der Waals surface area contributed by atoms with Gasteiger partial charge in [-0.15, -0.1) is 0 Å². The molecule has 2 atom stereocenters. The molecule has 41 heavy (non-hydrogen) atoms. The number of rotatable bonds is 27. The van der Waals surface area contributed by atoms with E-state index in [2.05, 4.69) is 6.92 Å². The smallest absolute Gasteiger partial charge is 0.319 e. The Morgan fingerprint density at radius 3 is 2.12 bits per heavy atom. The Balaban J connectivity index is 1.55. The number of thiazole rings is 1. The van der Waals surface area contributed by atoms with Gasteiger partial charge in [-0.3, -0.25) is 4.57 Å². The third kappa shape index (κ3) is 18.8. The van der Waals surface area contributed by atoms with Gasteiger partial charge >= 0.3 is 7.82 Å². The summed E-state index contributed by atoms with van der Waals surface area (Å²) in [6, 6.07) is 7.03. The summed E-state index contributed by atoms with van der Waals surface area (Å²) in [6.45, 7) is 6.24. The van der Waals surface area contributed by atoms with Crippen LogP contribution in [0, 0.1) is 0 Å². The predicted octanol–water partition coefficient (Wildman–Crippen LogP) is 8.24. The molecule has 0 N–H and O–H groups in total. The Hall–Kier alpha value is -1.28. The maximum Gasteiger partial charge on any atom is 0.319 e. The third-order valence-electron chi connectivity index (χ3n) is 6.93. The third-order valence-corrected chi connectivity index (χ3v) is 8.50. The van der Waals surface area contributed by atoms with Crippen molar-refractivity contribution in [1.29, 1.82) is 0 Å². The van der Waals surface area contributed by atoms with Crippen molar-refractivity contribution in [2.24, 2.45) is 0 Å². The molecule has 9 heteroatoms. The zero-order valence-electron chi connectivity index (χ0n) is 25.5. The number of aromatic nitrogens is 1. The lowest BCUT2D eigenvalue weighted by atomic mass is 10.0. The molecule has 0 saturated heterocycles. The van der Waals surface area contributed by atoms with E-state index >= 15 is 0 Å². The fraction of sp³-hybridized carbons (Fsp3) is 0.719. The number of hydrogen-bond acceptors (Lipinski definition) is 7. The Morgan fingerprint density at radius 1 is 0.854 bits per heavy atom. The Morgan fingerprint density at radius 2 is 1.51 bits per heavy atom. The van der Waals surface area contributed by atoms with E-state index in [0.29, 0.717) is 26.4 Å². The van der Waals surface area contributed by atoms with Gasteiger partial charge in [0.15, 0.2) is 12.7 Å². The largest absolute Gasteiger partial charge is 0.746 e. The zero-order valence-corrected chi connectivity index (χ0v) is 27.2. The van der Waals surface area contributed by atoms with E-state index in [1.807, 2.05) is 34.6 Å². The summed E-state index contributed by atoms with van der Waals surface area (Å²) in [5.74, 6) is 0.233. The first kappa shape index (κ1) is 35.9. The van der Waals surface area contributed by atoms with Crippen molar-refractivity contribution in [1.82, 2.24) is 0 Å². The van der Waals surface area contributed by atoms with Crippen LogP contribution in [0.25, 0.3) is 0 Å². The lowest BCUT2D eigenvalue weighted by Gasteiger charge is -2.26. The normalized spacial score (nSPS) is 13.7. The van der Waals surface area contributed by atoms with Gasteiger partial charge in [0.1, 0.15) is 11.9 Å². The summed E-state index contributed by atoms with van der Waals surface area (Å²) < 4.78 is 36.5. The molecule has 2 unspecified atom stereocenters. The number of phosphoric ester groups is 1. The van der Waals surface area contributed by atoms with Gasteiger partial charge in [-0.2, -0.15) is 4.57 Å². The monoisotopic (exact) mass is 611 g/mol. The van der Waals surface area contributed by atoms with E-state index < -0.39 is 13.9 Å². The lowest BCUT2D eigenvalue weighted by Crippen LogP contribution is -2.30. The van der Waals surface area contributed by atoms with Gasteiger partial charge in [0.25, 0.3) is 0 Å². The van der Waals surface area contributed by atoms with Gasteiger partial charge in [-0.25, -0.2) is 0 Å². The molecule has 7 nitrogen and oxygen atoms in total. The summed E-state index contributed by atoms with van der Waals surface area (Å²) in [5.41, 5.74) is 2.93. The molecule has 0 spiro atoms. The standard InChI is InChI=1S/C32H54NO6PS/c1-3-5-6-7-8-9-10-11-12-13-14-15-16-17-23-36-27-32(37-22-4-2)28-38-40(34,35)39-31-20-18-19-30(25-31)26-33-21-24-41-29-33/h18-21,24-25,29,32H,3-17,22-23,26-28H2,1-2H3. The molecule has 0 fully saturated rings. The van der Waals surface area contributed by atoms with Crippen molar-refractivity contribution in [3.63, 3.8) is 0 Å². The zero-order chi connectivity index (χ0) is 29.4. The fourth-order valence-corrected chi connectivity index (χ4v) is 6.01. The first-order valence-electron chi connectivity index (χ1n) is 15.9. The van der Waals surface area contributed by atoms with E-state index in [-0.39, 0.29) is 12.4 Å². The second-order valence-electron chi connectivity index (χ2n) is 10.8. The van der Waals surface area contributed by atoms with Crippen molar-refractivity contribution < 1.29 is 32.5 Å². The van der Waals surface area contributed by atoms with E-state index in [1.54, 1.807) is 29.5 Å². The lowest BCUT2D eigenvalue weighted by molar-refractivity contribution is -0.683. The fourth-order valence-electron chi connectivity index (χ4n) is 4.64. The van der Waals surface area contributed by atoms with Crippen molar-refractivity contribution >= 4 is 19.2 Å². The van der Waals surface area contributed by atoms with Crippen molar-refractivity contribution in [2.45, 2.75) is 123 Å². The van der Waals surface area contributed by atoms with Gasteiger partial charge in [-0.05, 0) is 25.0 Å². The Bertz CT molecular complexity index is 929. The highest BCUT2D eigenvalue weighted by atomic mass is 32.1. The molecule has 0 amide bonds. The average Bonchev–Trinajstić information content (AvgIpc) is 3.47. The van der Waals surface area contributed by atoms with Crippen LogP contribution in [0.2, 0.25) is 0 Å². The predicted molar refractivity (Wildman–Crippen MR) is 165 cm³/mol. The highest BCUT2D eigenvalue weighted by Gasteiger charge is 2.18. The van der Waals surface area contributed by atoms with Gasteiger partial charge in [0.2, 0.25) is 5.51 Å². The topological polar surface area (TPSA) is 80.9 Å². The van der Waals surface area contributed by atoms with Crippen molar-refractivity contribution in [3.8, 4) is 5.75 Å². The molecule has 0 aliphatic heterocycles. The molecule has 234 valence electrons. The number of ether oxygens (including phenoxy) is 2. The van der Waals surface area contributed by atoms with Gasteiger partial charge < -0.3 is 23.4 Å². The molecule has 1 aromatic heterocycles. The number of nitrogens with zero attached hydrogens (tertiary/aromatic N) is 1. The second kappa shape index (κ2) is 23.2. The van der Waals surface area contributed by atoms with Crippen molar-refractivity contribution in [3.05, 3.63) is 46.9 Å². The van der Waals surface area contributed by atoms with Gasteiger partial charge in [-0.1, -0.05) is 121 Å². The minimum Gasteiger partial charge on any atom is -0.746 e. The Labute approximate surface area is 253 Å². The van der Waals surface area contributed by atoms with Crippen LogP contribution >= 0.6 is 19.2 Å². The molecule has 0 saturated carbocycles. The average molecular weight is 612 g/mol. The van der Waals surface area contributed by atoms with Crippen LogP contribution < -0.4 is 14.0 Å². The number of hydrogen-bond donors (Lipinski definition) is 0. The van der Waals surface area contributed by atoms with E-state index in [9.17, 15) is 9.46 Å². The molecule has 0 radical (unpaired) electrons. The summed E-state index contributed by atoms with van der Waals surface area (Å²) in [5, 5.41) is 1.99. The van der Waals surface area contributed by atoms with Crippen LogP contribution in [0.1, 0.15) is 116 Å². The quantitative estimate of drug-likeness (QED) is 0.0575. The summed E-state index contributed by atoms with van der Waals surface area (Å²) in [4.78, 5) is 12.5. The number of phosphoric acid groups is 1. The molecule has 0 bridgehead atoms. The van der Waals surface area contributed by atoms with Crippen LogP contribution in [-0.4, -0.2) is 32.5 Å². The number of unbranched alkanes of at least 4 members (excludes halogenated alkanes) is 13. The highest BCUT2D eigenvalue weighted by Crippen LogP contribution is 2.39. The van der Waals surface area contributed by atoms with E-state index in [0.717, 1.165) is 24.8 Å². The van der Waals surface area contributed by atoms with Crippen LogP contribution in [0.5, 0.6) is 5.75 Å². The van der Waals surface area contributed by atoms with Gasteiger partial charge in [0.05, 0.1) is 18.6 Å².